The van der Waals surface area contributed by atoms with E-state index in [0.29, 0.717) is 5.08 Å². The minimum Gasteiger partial charge on any atom is -0.290 e. The van der Waals surface area contributed by atoms with Gasteiger partial charge >= 0.3 is 6.80 Å². The highest BCUT2D eigenvalue weighted by atomic mass is 32.7. The standard InChI is InChI=1S/C30H39O3PS4/c1-28(2,25-16-10-7-11-17-25)35-22-32-34(31,33-23-36-29(3,4)26-18-12-8-13-19-26)38-24-37-30(5,6)27-20-14-9-15-21-27/h7-21H,22-24H2,1-6H3. The highest BCUT2D eigenvalue weighted by Gasteiger charge is 2.32. The Hall–Kier alpha value is -0.790. The lowest BCUT2D eigenvalue weighted by atomic mass is 10.0. The number of hydrogen-bond acceptors (Lipinski definition) is 7. The van der Waals surface area contributed by atoms with Crippen LogP contribution in [0.3, 0.4) is 0 Å². The molecule has 3 nitrogen and oxygen atoms in total. The van der Waals surface area contributed by atoms with Crippen LogP contribution in [0, 0.1) is 0 Å². The summed E-state index contributed by atoms with van der Waals surface area (Å²) in [6.45, 7) is 9.62. The minimum atomic E-state index is -3.40. The van der Waals surface area contributed by atoms with Gasteiger partial charge in [0.25, 0.3) is 0 Å². The van der Waals surface area contributed by atoms with E-state index in [-0.39, 0.29) is 26.1 Å². The molecule has 206 valence electrons. The van der Waals surface area contributed by atoms with Crippen molar-refractivity contribution in [2.45, 2.75) is 55.8 Å². The van der Waals surface area contributed by atoms with Gasteiger partial charge in [-0.2, -0.15) is 0 Å². The van der Waals surface area contributed by atoms with Crippen LogP contribution in [0.1, 0.15) is 58.2 Å². The summed E-state index contributed by atoms with van der Waals surface area (Å²) >= 11 is 6.29. The Morgan fingerprint density at radius 2 is 0.868 bits per heavy atom. The summed E-state index contributed by atoms with van der Waals surface area (Å²) in [6, 6.07) is 31.1. The van der Waals surface area contributed by atoms with Crippen molar-refractivity contribution in [2.75, 3.05) is 17.0 Å². The summed E-state index contributed by atoms with van der Waals surface area (Å²) in [5.41, 5.74) is 3.65. The van der Waals surface area contributed by atoms with Gasteiger partial charge in [-0.1, -0.05) is 91.0 Å². The smallest absolute Gasteiger partial charge is 0.290 e. The molecule has 0 bridgehead atoms. The molecule has 0 N–H and O–H groups in total. The van der Waals surface area contributed by atoms with Crippen LogP contribution in [0.2, 0.25) is 0 Å². The second kappa shape index (κ2) is 14.2. The monoisotopic (exact) mass is 606 g/mol. The first-order valence-electron chi connectivity index (χ1n) is 12.6. The lowest BCUT2D eigenvalue weighted by Crippen LogP contribution is -2.14. The molecule has 0 heterocycles. The van der Waals surface area contributed by atoms with Gasteiger partial charge in [-0.25, -0.2) is 4.57 Å². The topological polar surface area (TPSA) is 35.5 Å². The van der Waals surface area contributed by atoms with Crippen molar-refractivity contribution in [3.05, 3.63) is 108 Å². The number of hydrogen-bond donors (Lipinski definition) is 0. The van der Waals surface area contributed by atoms with Gasteiger partial charge in [0.15, 0.2) is 0 Å². The van der Waals surface area contributed by atoms with E-state index < -0.39 is 6.80 Å². The molecular formula is C30H39O3PS4. The van der Waals surface area contributed by atoms with Crippen molar-refractivity contribution in [1.29, 1.82) is 0 Å². The Labute approximate surface area is 246 Å². The fourth-order valence-electron chi connectivity index (χ4n) is 3.60. The van der Waals surface area contributed by atoms with Crippen LogP contribution in [0.4, 0.5) is 0 Å². The maximum absolute atomic E-state index is 14.0. The maximum Gasteiger partial charge on any atom is 0.391 e. The van der Waals surface area contributed by atoms with Crippen molar-refractivity contribution in [3.63, 3.8) is 0 Å². The zero-order valence-electron chi connectivity index (χ0n) is 23.1. The highest BCUT2D eigenvalue weighted by molar-refractivity contribution is 8.57. The quantitative estimate of drug-likeness (QED) is 0.126. The Kier molecular flexibility index (Phi) is 11.9. The minimum absolute atomic E-state index is 0.118. The lowest BCUT2D eigenvalue weighted by molar-refractivity contribution is 0.277. The van der Waals surface area contributed by atoms with Crippen LogP contribution in [0.5, 0.6) is 0 Å². The van der Waals surface area contributed by atoms with E-state index in [0.717, 1.165) is 0 Å². The third-order valence-corrected chi connectivity index (χ3v) is 14.6. The predicted octanol–water partition coefficient (Wildman–Crippen LogP) is 10.7. The molecule has 3 rings (SSSR count). The van der Waals surface area contributed by atoms with Gasteiger partial charge in [0.1, 0.15) is 11.9 Å². The highest BCUT2D eigenvalue weighted by Crippen LogP contribution is 2.64. The van der Waals surface area contributed by atoms with E-state index in [1.165, 1.54) is 28.1 Å². The molecule has 0 atom stereocenters. The molecule has 0 spiro atoms. The third kappa shape index (κ3) is 9.69. The van der Waals surface area contributed by atoms with Crippen LogP contribution in [0.25, 0.3) is 0 Å². The van der Waals surface area contributed by atoms with Crippen LogP contribution >= 0.6 is 53.5 Å². The van der Waals surface area contributed by atoms with E-state index in [2.05, 4.69) is 90.1 Å². The summed E-state index contributed by atoms with van der Waals surface area (Å²) in [4.78, 5) is 0. The fraction of sp³-hybridized carbons (Fsp3) is 0.400. The van der Waals surface area contributed by atoms with Crippen molar-refractivity contribution in [2.24, 2.45) is 0 Å². The molecule has 0 aliphatic heterocycles. The second-order valence-electron chi connectivity index (χ2n) is 10.3. The van der Waals surface area contributed by atoms with Gasteiger partial charge in [0, 0.05) is 14.2 Å². The van der Waals surface area contributed by atoms with Gasteiger partial charge in [-0.3, -0.25) is 9.05 Å². The summed E-state index contributed by atoms with van der Waals surface area (Å²) in [5, 5.41) is 0.596. The Bertz CT molecular complexity index is 1010. The molecule has 0 fully saturated rings. The van der Waals surface area contributed by atoms with Crippen molar-refractivity contribution in [3.8, 4) is 0 Å². The van der Waals surface area contributed by atoms with E-state index in [1.54, 1.807) is 35.3 Å². The molecule has 0 aromatic heterocycles. The molecule has 0 unspecified atom stereocenters. The summed E-state index contributed by atoms with van der Waals surface area (Å²) in [7, 11) is 0. The molecule has 3 aromatic rings. The van der Waals surface area contributed by atoms with E-state index in [1.807, 2.05) is 42.5 Å². The number of rotatable bonds is 15. The van der Waals surface area contributed by atoms with Gasteiger partial charge in [-0.05, 0) is 69.6 Å². The van der Waals surface area contributed by atoms with E-state index in [9.17, 15) is 4.57 Å². The summed E-state index contributed by atoms with van der Waals surface area (Å²) < 4.78 is 25.6. The number of benzene rings is 3. The Morgan fingerprint density at radius 3 is 1.21 bits per heavy atom. The summed E-state index contributed by atoms with van der Waals surface area (Å²) in [5.74, 6) is 0.567. The molecule has 0 saturated carbocycles. The van der Waals surface area contributed by atoms with Crippen LogP contribution < -0.4 is 0 Å². The Balaban J connectivity index is 1.63. The van der Waals surface area contributed by atoms with Gasteiger partial charge in [0.2, 0.25) is 0 Å². The van der Waals surface area contributed by atoms with E-state index >= 15 is 0 Å². The summed E-state index contributed by atoms with van der Waals surface area (Å²) in [6.07, 6.45) is 0. The fourth-order valence-corrected chi connectivity index (χ4v) is 11.5. The molecule has 0 radical (unpaired) electrons. The SMILES string of the molecule is CC(C)(SCOP(=O)(OCSC(C)(C)c1ccccc1)SCSC(C)(C)c1ccccc1)c1ccccc1. The predicted molar refractivity (Wildman–Crippen MR) is 173 cm³/mol. The van der Waals surface area contributed by atoms with Crippen LogP contribution in [-0.4, -0.2) is 17.0 Å². The zero-order chi connectivity index (χ0) is 27.7. The van der Waals surface area contributed by atoms with Gasteiger partial charge in [-0.15, -0.1) is 35.3 Å². The molecule has 8 heteroatoms. The first-order chi connectivity index (χ1) is 17.9. The largest absolute Gasteiger partial charge is 0.391 e. The van der Waals surface area contributed by atoms with Crippen molar-refractivity contribution >= 4 is 53.5 Å². The first-order valence-corrected chi connectivity index (χ1v) is 18.6. The maximum atomic E-state index is 14.0. The molecule has 0 saturated heterocycles. The third-order valence-electron chi connectivity index (χ3n) is 6.30. The molecule has 0 amide bonds. The van der Waals surface area contributed by atoms with Crippen molar-refractivity contribution in [1.82, 2.24) is 0 Å². The van der Waals surface area contributed by atoms with Gasteiger partial charge < -0.3 is 0 Å². The average Bonchev–Trinajstić information content (AvgIpc) is 2.90. The normalized spacial score (nSPS) is 13.0. The van der Waals surface area contributed by atoms with Gasteiger partial charge in [0.05, 0.1) is 5.08 Å². The Morgan fingerprint density at radius 1 is 0.553 bits per heavy atom. The van der Waals surface area contributed by atoms with E-state index in [4.69, 9.17) is 9.05 Å². The molecule has 38 heavy (non-hydrogen) atoms. The van der Waals surface area contributed by atoms with Crippen LogP contribution in [0.15, 0.2) is 91.0 Å². The lowest BCUT2D eigenvalue weighted by Gasteiger charge is -2.28. The number of thioether (sulfide) groups is 3. The zero-order valence-corrected chi connectivity index (χ0v) is 27.2. The first kappa shape index (κ1) is 31.7. The molecule has 0 aliphatic rings. The average molecular weight is 607 g/mol. The van der Waals surface area contributed by atoms with Crippen molar-refractivity contribution < 1.29 is 13.6 Å². The second-order valence-corrected chi connectivity index (χ2v) is 19.4. The molecule has 0 aliphatic carbocycles. The molecule has 3 aromatic carbocycles. The molecular weight excluding hydrogens is 568 g/mol. The van der Waals surface area contributed by atoms with Crippen LogP contribution in [-0.2, 0) is 27.9 Å².